The van der Waals surface area contributed by atoms with E-state index in [1.54, 1.807) is 6.20 Å². The van der Waals surface area contributed by atoms with Crippen molar-refractivity contribution in [1.29, 1.82) is 0 Å². The maximum absolute atomic E-state index is 12.4. The van der Waals surface area contributed by atoms with Crippen molar-refractivity contribution < 1.29 is 4.79 Å². The third-order valence-corrected chi connectivity index (χ3v) is 5.77. The zero-order valence-corrected chi connectivity index (χ0v) is 15.4. The Morgan fingerprint density at radius 3 is 3.00 bits per heavy atom. The van der Waals surface area contributed by atoms with Crippen LogP contribution in [-0.2, 0) is 0 Å². The van der Waals surface area contributed by atoms with Crippen molar-refractivity contribution >= 4 is 17.2 Å². The topological polar surface area (TPSA) is 45.2 Å². The summed E-state index contributed by atoms with van der Waals surface area (Å²) in [6, 6.07) is 6.80. The number of nitrogens with one attached hydrogen (secondary N) is 1. The molecule has 1 aliphatic heterocycles. The summed E-state index contributed by atoms with van der Waals surface area (Å²) in [5, 5.41) is 3.99. The van der Waals surface area contributed by atoms with Gasteiger partial charge < -0.3 is 5.32 Å². The van der Waals surface area contributed by atoms with Gasteiger partial charge in [-0.3, -0.25) is 9.69 Å². The van der Waals surface area contributed by atoms with Crippen LogP contribution in [0.15, 0.2) is 24.4 Å². The highest BCUT2D eigenvalue weighted by molar-refractivity contribution is 7.16. The SMILES string of the molecule is CCN1CCC[C@H]1CNC(=O)c1cnc(-c2ccc(C)cc2C)s1. The summed E-state index contributed by atoms with van der Waals surface area (Å²) >= 11 is 1.47. The number of benzene rings is 1. The van der Waals surface area contributed by atoms with E-state index in [0.717, 1.165) is 30.2 Å². The molecule has 0 bridgehead atoms. The molecule has 0 aliphatic carbocycles. The van der Waals surface area contributed by atoms with E-state index in [1.807, 2.05) is 0 Å². The van der Waals surface area contributed by atoms with Gasteiger partial charge in [-0.25, -0.2) is 4.98 Å². The Bertz CT molecular complexity index is 725. The van der Waals surface area contributed by atoms with E-state index in [-0.39, 0.29) is 5.91 Å². The number of aromatic nitrogens is 1. The van der Waals surface area contributed by atoms with Crippen LogP contribution >= 0.6 is 11.3 Å². The van der Waals surface area contributed by atoms with Gasteiger partial charge in [0, 0.05) is 18.2 Å². The zero-order chi connectivity index (χ0) is 17.1. The lowest BCUT2D eigenvalue weighted by Crippen LogP contribution is -2.39. The smallest absolute Gasteiger partial charge is 0.263 e. The molecule has 128 valence electrons. The number of hydrogen-bond acceptors (Lipinski definition) is 4. The Balaban J connectivity index is 1.65. The van der Waals surface area contributed by atoms with Crippen molar-refractivity contribution in [2.75, 3.05) is 19.6 Å². The van der Waals surface area contributed by atoms with Crippen molar-refractivity contribution in [2.24, 2.45) is 0 Å². The molecule has 2 heterocycles. The van der Waals surface area contributed by atoms with E-state index in [4.69, 9.17) is 0 Å². The lowest BCUT2D eigenvalue weighted by Gasteiger charge is -2.22. The predicted octanol–water partition coefficient (Wildman–Crippen LogP) is 3.64. The Morgan fingerprint density at radius 2 is 2.25 bits per heavy atom. The summed E-state index contributed by atoms with van der Waals surface area (Å²) < 4.78 is 0. The molecular formula is C19H25N3OS. The number of aryl methyl sites for hydroxylation is 2. The molecule has 5 heteroatoms. The first-order chi connectivity index (χ1) is 11.6. The fourth-order valence-corrected chi connectivity index (χ4v) is 4.32. The minimum atomic E-state index is -0.00790. The molecule has 24 heavy (non-hydrogen) atoms. The Morgan fingerprint density at radius 1 is 1.42 bits per heavy atom. The monoisotopic (exact) mass is 343 g/mol. The van der Waals surface area contributed by atoms with Gasteiger partial charge in [-0.05, 0) is 45.3 Å². The number of likely N-dealkylation sites (N-methyl/N-ethyl adjacent to an activating group) is 1. The third kappa shape index (κ3) is 3.68. The van der Waals surface area contributed by atoms with Crippen LogP contribution in [0, 0.1) is 13.8 Å². The molecule has 0 spiro atoms. The molecule has 1 fully saturated rings. The zero-order valence-electron chi connectivity index (χ0n) is 14.6. The van der Waals surface area contributed by atoms with Gasteiger partial charge in [0.05, 0.1) is 6.20 Å². The van der Waals surface area contributed by atoms with Crippen molar-refractivity contribution in [3.63, 3.8) is 0 Å². The largest absolute Gasteiger partial charge is 0.350 e. The van der Waals surface area contributed by atoms with Crippen molar-refractivity contribution in [2.45, 2.75) is 39.7 Å². The molecule has 1 aromatic carbocycles. The molecule has 4 nitrogen and oxygen atoms in total. The Kier molecular flexibility index (Phi) is 5.31. The van der Waals surface area contributed by atoms with Crippen LogP contribution in [0.5, 0.6) is 0 Å². The second kappa shape index (κ2) is 7.45. The fraction of sp³-hybridized carbons (Fsp3) is 0.474. The number of hydrogen-bond donors (Lipinski definition) is 1. The van der Waals surface area contributed by atoms with Gasteiger partial charge in [0.25, 0.3) is 5.91 Å². The lowest BCUT2D eigenvalue weighted by molar-refractivity contribution is 0.0945. The van der Waals surface area contributed by atoms with Crippen LogP contribution in [0.3, 0.4) is 0 Å². The second-order valence-corrected chi connectivity index (χ2v) is 7.51. The number of thiazole rings is 1. The fourth-order valence-electron chi connectivity index (χ4n) is 3.40. The highest BCUT2D eigenvalue weighted by Gasteiger charge is 2.23. The van der Waals surface area contributed by atoms with Gasteiger partial charge in [-0.1, -0.05) is 30.7 Å². The van der Waals surface area contributed by atoms with Crippen molar-refractivity contribution in [1.82, 2.24) is 15.2 Å². The average Bonchev–Trinajstić information content (AvgIpc) is 3.21. The number of carbonyl (C=O) groups is 1. The van der Waals surface area contributed by atoms with E-state index in [1.165, 1.54) is 35.3 Å². The molecule has 1 amide bonds. The molecule has 2 aromatic rings. The van der Waals surface area contributed by atoms with E-state index >= 15 is 0 Å². The summed E-state index contributed by atoms with van der Waals surface area (Å²) in [4.78, 5) is 20.0. The first-order valence-corrected chi connectivity index (χ1v) is 9.46. The first-order valence-electron chi connectivity index (χ1n) is 8.64. The number of amides is 1. The maximum atomic E-state index is 12.4. The summed E-state index contributed by atoms with van der Waals surface area (Å²) in [6.45, 7) is 9.28. The van der Waals surface area contributed by atoms with E-state index in [0.29, 0.717) is 10.9 Å². The van der Waals surface area contributed by atoms with Gasteiger partial charge in [0.2, 0.25) is 0 Å². The number of nitrogens with zero attached hydrogens (tertiary/aromatic N) is 2. The molecular weight excluding hydrogens is 318 g/mol. The minimum Gasteiger partial charge on any atom is -0.350 e. The lowest BCUT2D eigenvalue weighted by atomic mass is 10.1. The van der Waals surface area contributed by atoms with Crippen LogP contribution < -0.4 is 5.32 Å². The maximum Gasteiger partial charge on any atom is 0.263 e. The van der Waals surface area contributed by atoms with Gasteiger partial charge in [-0.2, -0.15) is 0 Å². The van der Waals surface area contributed by atoms with Crippen LogP contribution in [0.25, 0.3) is 10.6 Å². The van der Waals surface area contributed by atoms with Gasteiger partial charge in [0.1, 0.15) is 9.88 Å². The minimum absolute atomic E-state index is 0.00790. The molecule has 0 unspecified atom stereocenters. The number of rotatable bonds is 5. The Hall–Kier alpha value is -1.72. The Labute approximate surface area is 147 Å². The summed E-state index contributed by atoms with van der Waals surface area (Å²) in [7, 11) is 0. The van der Waals surface area contributed by atoms with Crippen molar-refractivity contribution in [3.8, 4) is 10.6 Å². The first kappa shape index (κ1) is 17.1. The molecule has 1 atom stereocenters. The van der Waals surface area contributed by atoms with Crippen LogP contribution in [0.1, 0.15) is 40.6 Å². The molecule has 1 saturated heterocycles. The van der Waals surface area contributed by atoms with E-state index in [2.05, 4.69) is 54.2 Å². The second-order valence-electron chi connectivity index (χ2n) is 6.48. The highest BCUT2D eigenvalue weighted by Crippen LogP contribution is 2.28. The summed E-state index contributed by atoms with van der Waals surface area (Å²) in [5.41, 5.74) is 3.54. The molecule has 3 rings (SSSR count). The highest BCUT2D eigenvalue weighted by atomic mass is 32.1. The summed E-state index contributed by atoms with van der Waals surface area (Å²) in [6.07, 6.45) is 4.09. The molecule has 0 radical (unpaired) electrons. The average molecular weight is 343 g/mol. The predicted molar refractivity (Wildman–Crippen MR) is 99.6 cm³/mol. The quantitative estimate of drug-likeness (QED) is 0.901. The van der Waals surface area contributed by atoms with Gasteiger partial charge >= 0.3 is 0 Å². The van der Waals surface area contributed by atoms with Crippen LogP contribution in [-0.4, -0.2) is 41.5 Å². The molecule has 1 aliphatic rings. The number of likely N-dealkylation sites (tertiary alicyclic amines) is 1. The normalized spacial score (nSPS) is 18.0. The molecule has 0 saturated carbocycles. The molecule has 1 N–H and O–H groups in total. The third-order valence-electron chi connectivity index (χ3n) is 4.75. The summed E-state index contributed by atoms with van der Waals surface area (Å²) in [5.74, 6) is -0.00790. The van der Waals surface area contributed by atoms with Crippen LogP contribution in [0.2, 0.25) is 0 Å². The standard InChI is InChI=1S/C19H25N3OS/c1-4-22-9-5-6-15(22)11-20-18(23)17-12-21-19(24-17)16-8-7-13(2)10-14(16)3/h7-8,10,12,15H,4-6,9,11H2,1-3H3,(H,20,23)/t15-/m0/s1. The van der Waals surface area contributed by atoms with Crippen LogP contribution in [0.4, 0.5) is 0 Å². The van der Waals surface area contributed by atoms with Gasteiger partial charge in [0.15, 0.2) is 0 Å². The van der Waals surface area contributed by atoms with E-state index in [9.17, 15) is 4.79 Å². The van der Waals surface area contributed by atoms with Crippen molar-refractivity contribution in [3.05, 3.63) is 40.4 Å². The molecule has 1 aromatic heterocycles. The van der Waals surface area contributed by atoms with Gasteiger partial charge in [-0.15, -0.1) is 11.3 Å². The number of carbonyl (C=O) groups excluding carboxylic acids is 1. The van der Waals surface area contributed by atoms with E-state index < -0.39 is 0 Å².